The van der Waals surface area contributed by atoms with E-state index in [4.69, 9.17) is 16.3 Å². The van der Waals surface area contributed by atoms with Gasteiger partial charge in [-0.25, -0.2) is 0 Å². The lowest BCUT2D eigenvalue weighted by Crippen LogP contribution is -2.38. The SMILES string of the molecule is COCCNCC1CCN(CC(C)=CCl)CC1. The van der Waals surface area contributed by atoms with E-state index in [1.807, 2.05) is 0 Å². The fraction of sp³-hybridized carbons (Fsp3) is 0.846. The predicted octanol–water partition coefficient (Wildman–Crippen LogP) is 2.08. The molecule has 0 aromatic carbocycles. The highest BCUT2D eigenvalue weighted by atomic mass is 35.5. The summed E-state index contributed by atoms with van der Waals surface area (Å²) in [5.74, 6) is 0.823. The average molecular weight is 261 g/mol. The van der Waals surface area contributed by atoms with Crippen LogP contribution in [-0.4, -0.2) is 51.3 Å². The second-order valence-corrected chi connectivity index (χ2v) is 5.09. The third kappa shape index (κ3) is 6.41. The molecule has 0 amide bonds. The third-order valence-electron chi connectivity index (χ3n) is 3.28. The maximum atomic E-state index is 5.69. The Morgan fingerprint density at radius 3 is 2.76 bits per heavy atom. The Hall–Kier alpha value is -0.0900. The normalized spacial score (nSPS) is 19.8. The molecule has 1 N–H and O–H groups in total. The van der Waals surface area contributed by atoms with Crippen LogP contribution >= 0.6 is 11.6 Å². The number of methoxy groups -OCH3 is 1. The molecular formula is C13H25ClN2O. The molecule has 0 radical (unpaired) electrons. The molecule has 17 heavy (non-hydrogen) atoms. The number of likely N-dealkylation sites (tertiary alicyclic amines) is 1. The Morgan fingerprint density at radius 1 is 1.47 bits per heavy atom. The molecule has 1 saturated heterocycles. The highest BCUT2D eigenvalue weighted by Gasteiger charge is 2.18. The molecule has 1 aliphatic heterocycles. The van der Waals surface area contributed by atoms with Crippen LogP contribution in [0.4, 0.5) is 0 Å². The predicted molar refractivity (Wildman–Crippen MR) is 73.5 cm³/mol. The van der Waals surface area contributed by atoms with Gasteiger partial charge in [0.05, 0.1) is 6.61 Å². The lowest BCUT2D eigenvalue weighted by atomic mass is 9.96. The van der Waals surface area contributed by atoms with Crippen LogP contribution in [0.3, 0.4) is 0 Å². The molecule has 0 aromatic rings. The van der Waals surface area contributed by atoms with Crippen LogP contribution in [0.15, 0.2) is 11.1 Å². The van der Waals surface area contributed by atoms with E-state index in [1.54, 1.807) is 12.6 Å². The largest absolute Gasteiger partial charge is 0.383 e. The Bertz CT molecular complexity index is 225. The monoisotopic (exact) mass is 260 g/mol. The summed E-state index contributed by atoms with van der Waals surface area (Å²) in [5.41, 5.74) is 2.95. The van der Waals surface area contributed by atoms with Gasteiger partial charge in [0.25, 0.3) is 0 Å². The standard InChI is InChI=1S/C13H25ClN2O/c1-12(9-14)11-16-6-3-13(4-7-16)10-15-5-8-17-2/h9,13,15H,3-8,10-11H2,1-2H3. The van der Waals surface area contributed by atoms with Crippen molar-refractivity contribution >= 4 is 11.6 Å². The molecular weight excluding hydrogens is 236 g/mol. The molecule has 3 nitrogen and oxygen atoms in total. The summed E-state index contributed by atoms with van der Waals surface area (Å²) in [5, 5.41) is 3.45. The number of rotatable bonds is 7. The highest BCUT2D eigenvalue weighted by Crippen LogP contribution is 2.17. The smallest absolute Gasteiger partial charge is 0.0587 e. The molecule has 0 saturated carbocycles. The van der Waals surface area contributed by atoms with Crippen LogP contribution in [0.5, 0.6) is 0 Å². The highest BCUT2D eigenvalue weighted by molar-refractivity contribution is 6.25. The van der Waals surface area contributed by atoms with Crippen molar-refractivity contribution in [1.29, 1.82) is 0 Å². The molecule has 0 unspecified atom stereocenters. The van der Waals surface area contributed by atoms with Crippen LogP contribution < -0.4 is 5.32 Å². The number of nitrogens with zero attached hydrogens (tertiary/aromatic N) is 1. The maximum absolute atomic E-state index is 5.69. The van der Waals surface area contributed by atoms with Crippen molar-refractivity contribution in [1.82, 2.24) is 10.2 Å². The summed E-state index contributed by atoms with van der Waals surface area (Å²) in [6.45, 7) is 8.39. The molecule has 1 heterocycles. The van der Waals surface area contributed by atoms with Crippen molar-refractivity contribution in [3.63, 3.8) is 0 Å². The summed E-state index contributed by atoms with van der Waals surface area (Å²) in [6, 6.07) is 0. The fourth-order valence-corrected chi connectivity index (χ4v) is 2.29. The van der Waals surface area contributed by atoms with Gasteiger partial charge >= 0.3 is 0 Å². The second-order valence-electron chi connectivity index (χ2n) is 4.87. The minimum absolute atomic E-state index is 0.804. The molecule has 1 aliphatic rings. The molecule has 0 spiro atoms. The quantitative estimate of drug-likeness (QED) is 0.710. The van der Waals surface area contributed by atoms with Gasteiger partial charge in [-0.3, -0.25) is 4.90 Å². The number of nitrogens with one attached hydrogen (secondary N) is 1. The Kier molecular flexibility index (Phi) is 7.86. The molecule has 0 aliphatic carbocycles. The van der Waals surface area contributed by atoms with Gasteiger partial charge in [0.1, 0.15) is 0 Å². The van der Waals surface area contributed by atoms with Gasteiger partial charge in [0, 0.05) is 25.7 Å². The zero-order chi connectivity index (χ0) is 12.5. The Balaban J connectivity index is 2.09. The Labute approximate surface area is 110 Å². The summed E-state index contributed by atoms with van der Waals surface area (Å²) in [6.07, 6.45) is 2.57. The number of hydrogen-bond donors (Lipinski definition) is 1. The number of ether oxygens (including phenoxy) is 1. The summed E-state index contributed by atoms with van der Waals surface area (Å²) >= 11 is 5.69. The van der Waals surface area contributed by atoms with Gasteiger partial charge in [-0.2, -0.15) is 0 Å². The first-order valence-electron chi connectivity index (χ1n) is 6.44. The maximum Gasteiger partial charge on any atom is 0.0587 e. The van der Waals surface area contributed by atoms with Crippen molar-refractivity contribution in [2.45, 2.75) is 19.8 Å². The van der Waals surface area contributed by atoms with Crippen LogP contribution in [-0.2, 0) is 4.74 Å². The summed E-state index contributed by atoms with van der Waals surface area (Å²) < 4.78 is 5.01. The van der Waals surface area contributed by atoms with Crippen molar-refractivity contribution in [2.75, 3.05) is 46.4 Å². The van der Waals surface area contributed by atoms with E-state index < -0.39 is 0 Å². The van der Waals surface area contributed by atoms with Gasteiger partial charge in [0.2, 0.25) is 0 Å². The van der Waals surface area contributed by atoms with E-state index in [1.165, 1.54) is 31.5 Å². The van der Waals surface area contributed by atoms with E-state index in [-0.39, 0.29) is 0 Å². The average Bonchev–Trinajstić information content (AvgIpc) is 2.36. The minimum Gasteiger partial charge on any atom is -0.383 e. The second kappa shape index (κ2) is 8.92. The third-order valence-corrected chi connectivity index (χ3v) is 3.65. The van der Waals surface area contributed by atoms with Crippen molar-refractivity contribution in [3.8, 4) is 0 Å². The molecule has 1 fully saturated rings. The molecule has 0 atom stereocenters. The van der Waals surface area contributed by atoms with E-state index in [0.717, 1.165) is 32.2 Å². The zero-order valence-corrected chi connectivity index (χ0v) is 11.8. The molecule has 4 heteroatoms. The van der Waals surface area contributed by atoms with Gasteiger partial charge in [-0.1, -0.05) is 11.6 Å². The lowest BCUT2D eigenvalue weighted by molar-refractivity contribution is 0.180. The molecule has 0 bridgehead atoms. The van der Waals surface area contributed by atoms with Gasteiger partial charge in [0.15, 0.2) is 0 Å². The first-order valence-corrected chi connectivity index (χ1v) is 6.87. The summed E-state index contributed by atoms with van der Waals surface area (Å²) in [7, 11) is 1.74. The van der Waals surface area contributed by atoms with Crippen molar-refractivity contribution in [2.24, 2.45) is 5.92 Å². The van der Waals surface area contributed by atoms with Crippen molar-refractivity contribution in [3.05, 3.63) is 11.1 Å². The van der Waals surface area contributed by atoms with E-state index in [2.05, 4.69) is 17.1 Å². The molecule has 0 aromatic heterocycles. The van der Waals surface area contributed by atoms with E-state index >= 15 is 0 Å². The summed E-state index contributed by atoms with van der Waals surface area (Å²) in [4.78, 5) is 2.49. The number of halogens is 1. The molecule has 100 valence electrons. The van der Waals surface area contributed by atoms with Crippen LogP contribution in [0, 0.1) is 5.92 Å². The Morgan fingerprint density at radius 2 is 2.18 bits per heavy atom. The van der Waals surface area contributed by atoms with E-state index in [9.17, 15) is 0 Å². The zero-order valence-electron chi connectivity index (χ0n) is 11.0. The fourth-order valence-electron chi connectivity index (χ4n) is 2.22. The van der Waals surface area contributed by atoms with Gasteiger partial charge in [-0.05, 0) is 50.9 Å². The minimum atomic E-state index is 0.804. The molecule has 1 rings (SSSR count). The van der Waals surface area contributed by atoms with Crippen LogP contribution in [0.25, 0.3) is 0 Å². The number of piperidine rings is 1. The van der Waals surface area contributed by atoms with Crippen molar-refractivity contribution < 1.29 is 4.74 Å². The first-order chi connectivity index (χ1) is 8.26. The van der Waals surface area contributed by atoms with Crippen LogP contribution in [0.1, 0.15) is 19.8 Å². The van der Waals surface area contributed by atoms with E-state index in [0.29, 0.717) is 0 Å². The van der Waals surface area contributed by atoms with Crippen LogP contribution in [0.2, 0.25) is 0 Å². The van der Waals surface area contributed by atoms with Gasteiger partial charge in [-0.15, -0.1) is 0 Å². The van der Waals surface area contributed by atoms with Gasteiger partial charge < -0.3 is 10.1 Å². The topological polar surface area (TPSA) is 24.5 Å². The lowest BCUT2D eigenvalue weighted by Gasteiger charge is -2.32. The number of hydrogen-bond acceptors (Lipinski definition) is 3. The first kappa shape index (κ1) is 15.0.